The van der Waals surface area contributed by atoms with Gasteiger partial charge in [0.25, 0.3) is 0 Å². The molecule has 1 amide bonds. The first kappa shape index (κ1) is 24.6. The summed E-state index contributed by atoms with van der Waals surface area (Å²) >= 11 is 1.46. The number of aliphatic hydroxyl groups excluding tert-OH is 1. The van der Waals surface area contributed by atoms with E-state index < -0.39 is 6.61 Å². The fourth-order valence-corrected chi connectivity index (χ4v) is 4.85. The van der Waals surface area contributed by atoms with Gasteiger partial charge < -0.3 is 15.2 Å². The molecule has 0 saturated carbocycles. The molecule has 0 saturated heterocycles. The highest BCUT2D eigenvalue weighted by Crippen LogP contribution is 2.37. The van der Waals surface area contributed by atoms with Gasteiger partial charge in [-0.05, 0) is 61.9 Å². The molecule has 0 radical (unpaired) electrons. The number of ether oxygens (including phenoxy) is 1. The number of aliphatic hydroxyl groups is 1. The van der Waals surface area contributed by atoms with Crippen molar-refractivity contribution >= 4 is 27.6 Å². The van der Waals surface area contributed by atoms with E-state index in [2.05, 4.69) is 23.0 Å². The smallest absolute Gasteiger partial charge is 0.246 e. The summed E-state index contributed by atoms with van der Waals surface area (Å²) in [5, 5.41) is 22.4. The Morgan fingerprint density at radius 1 is 1.39 bits per heavy atom. The predicted molar refractivity (Wildman–Crippen MR) is 133 cm³/mol. The molecule has 0 bridgehead atoms. The van der Waals surface area contributed by atoms with E-state index >= 15 is 0 Å². The van der Waals surface area contributed by atoms with Gasteiger partial charge in [0.1, 0.15) is 23.5 Å². The van der Waals surface area contributed by atoms with Crippen LogP contribution in [0.5, 0.6) is 5.75 Å². The number of nitrogens with one attached hydrogen (secondary N) is 1. The first-order valence-electron chi connectivity index (χ1n) is 10.9. The molecule has 2 aromatic carbocycles. The summed E-state index contributed by atoms with van der Waals surface area (Å²) in [5.74, 6) is 0.190. The van der Waals surface area contributed by atoms with Crippen molar-refractivity contribution in [1.29, 1.82) is 5.26 Å². The lowest BCUT2D eigenvalue weighted by atomic mass is 9.85. The number of amides is 1. The van der Waals surface area contributed by atoms with Gasteiger partial charge in [-0.2, -0.15) is 5.26 Å². The van der Waals surface area contributed by atoms with Crippen molar-refractivity contribution in [2.75, 3.05) is 13.7 Å². The average Bonchev–Trinajstić information content (AvgIpc) is 2.82. The monoisotopic (exact) mass is 463 g/mol. The number of nitriles is 1. The number of aliphatic imine (C=N–C) groups is 1. The van der Waals surface area contributed by atoms with Crippen LogP contribution in [0.3, 0.4) is 0 Å². The summed E-state index contributed by atoms with van der Waals surface area (Å²) < 4.78 is 5.72. The Morgan fingerprint density at radius 3 is 2.85 bits per heavy atom. The standard InChI is InChI=1S/C26H29N3O3S/c1-16(2)32-24-12-11-18(13-19(24)14-27)17(3)33-26(28-4)22-9-5-8-21-20(22)7-6-10-23(21)29-25(31)15-30/h5,8-9,11-13,16,23,30H,3,6-7,10,15H2,1-2,4H3,(H,29,31). The van der Waals surface area contributed by atoms with E-state index in [-0.39, 0.29) is 18.1 Å². The van der Waals surface area contributed by atoms with Gasteiger partial charge in [0.2, 0.25) is 5.91 Å². The second-order valence-electron chi connectivity index (χ2n) is 8.09. The maximum absolute atomic E-state index is 11.8. The number of carbonyl (C=O) groups is 1. The Balaban J connectivity index is 1.87. The zero-order chi connectivity index (χ0) is 24.0. The van der Waals surface area contributed by atoms with Crippen molar-refractivity contribution in [2.24, 2.45) is 4.99 Å². The number of fused-ring (bicyclic) bond motifs is 1. The number of nitrogens with zero attached hydrogens (tertiary/aromatic N) is 2. The van der Waals surface area contributed by atoms with E-state index in [0.717, 1.165) is 51.5 Å². The lowest BCUT2D eigenvalue weighted by Gasteiger charge is -2.28. The highest BCUT2D eigenvalue weighted by atomic mass is 32.2. The molecule has 0 spiro atoms. The zero-order valence-corrected chi connectivity index (χ0v) is 20.0. The van der Waals surface area contributed by atoms with Crippen LogP contribution < -0.4 is 10.1 Å². The van der Waals surface area contributed by atoms with E-state index in [1.807, 2.05) is 38.1 Å². The molecule has 1 atom stereocenters. The molecule has 7 heteroatoms. The number of hydrogen-bond acceptors (Lipinski definition) is 6. The van der Waals surface area contributed by atoms with Crippen LogP contribution in [0, 0.1) is 11.3 Å². The fourth-order valence-electron chi connectivity index (χ4n) is 3.98. The van der Waals surface area contributed by atoms with Crippen molar-refractivity contribution in [3.8, 4) is 11.8 Å². The van der Waals surface area contributed by atoms with Crippen molar-refractivity contribution in [3.63, 3.8) is 0 Å². The van der Waals surface area contributed by atoms with Crippen molar-refractivity contribution in [2.45, 2.75) is 45.3 Å². The Kier molecular flexibility index (Phi) is 8.32. The van der Waals surface area contributed by atoms with Crippen LogP contribution in [0.1, 0.15) is 60.5 Å². The Labute approximate surface area is 199 Å². The van der Waals surface area contributed by atoms with Gasteiger partial charge in [0, 0.05) is 17.5 Å². The molecule has 1 aliphatic carbocycles. The number of thioether (sulfide) groups is 1. The van der Waals surface area contributed by atoms with Crippen molar-refractivity contribution in [1.82, 2.24) is 5.32 Å². The molecule has 0 aromatic heterocycles. The third kappa shape index (κ3) is 5.84. The Bertz CT molecular complexity index is 1120. The van der Waals surface area contributed by atoms with Crippen LogP contribution >= 0.6 is 11.8 Å². The summed E-state index contributed by atoms with van der Waals surface area (Å²) in [6, 6.07) is 13.6. The second-order valence-corrected chi connectivity index (χ2v) is 9.17. The van der Waals surface area contributed by atoms with E-state index in [0.29, 0.717) is 11.3 Å². The highest BCUT2D eigenvalue weighted by Gasteiger charge is 2.25. The Morgan fingerprint density at radius 2 is 2.18 bits per heavy atom. The largest absolute Gasteiger partial charge is 0.490 e. The first-order chi connectivity index (χ1) is 15.9. The molecule has 0 fully saturated rings. The van der Waals surface area contributed by atoms with E-state index in [9.17, 15) is 10.1 Å². The molecule has 2 N–H and O–H groups in total. The summed E-state index contributed by atoms with van der Waals surface area (Å²) in [7, 11) is 1.75. The van der Waals surface area contributed by atoms with E-state index in [1.165, 1.54) is 11.8 Å². The molecular weight excluding hydrogens is 434 g/mol. The molecule has 1 aliphatic rings. The molecule has 2 aromatic rings. The molecular formula is C26H29N3O3S. The van der Waals surface area contributed by atoms with Gasteiger partial charge >= 0.3 is 0 Å². The molecule has 1 unspecified atom stereocenters. The molecule has 0 heterocycles. The van der Waals surface area contributed by atoms with Crippen LogP contribution in [0.15, 0.2) is 48.0 Å². The van der Waals surface area contributed by atoms with Crippen LogP contribution in [-0.4, -0.2) is 35.8 Å². The van der Waals surface area contributed by atoms with E-state index in [4.69, 9.17) is 9.84 Å². The van der Waals surface area contributed by atoms with Crippen LogP contribution in [-0.2, 0) is 11.2 Å². The van der Waals surface area contributed by atoms with Crippen molar-refractivity contribution < 1.29 is 14.6 Å². The third-order valence-electron chi connectivity index (χ3n) is 5.42. The van der Waals surface area contributed by atoms with Gasteiger partial charge in [0.05, 0.1) is 17.7 Å². The predicted octanol–water partition coefficient (Wildman–Crippen LogP) is 4.61. The first-order valence-corrected chi connectivity index (χ1v) is 11.8. The fraction of sp³-hybridized carbons (Fsp3) is 0.346. The molecule has 6 nitrogen and oxygen atoms in total. The number of hydrogen-bond donors (Lipinski definition) is 2. The van der Waals surface area contributed by atoms with Gasteiger partial charge in [-0.3, -0.25) is 9.79 Å². The van der Waals surface area contributed by atoms with Gasteiger partial charge in [-0.1, -0.05) is 42.6 Å². The lowest BCUT2D eigenvalue weighted by molar-refractivity contribution is -0.124. The maximum atomic E-state index is 11.8. The number of benzene rings is 2. The highest BCUT2D eigenvalue weighted by molar-refractivity contribution is 8.22. The number of rotatable bonds is 7. The van der Waals surface area contributed by atoms with Crippen LogP contribution in [0.25, 0.3) is 4.91 Å². The molecule has 3 rings (SSSR count). The quantitative estimate of drug-likeness (QED) is 0.462. The topological polar surface area (TPSA) is 94.7 Å². The lowest BCUT2D eigenvalue weighted by Crippen LogP contribution is -2.33. The Hall–Kier alpha value is -3.08. The SMILES string of the molecule is C=C(SC(=NC)c1cccc2c1CCCC2NC(=O)CO)c1ccc(OC(C)C)c(C#N)c1. The average molecular weight is 464 g/mol. The maximum Gasteiger partial charge on any atom is 0.246 e. The molecule has 33 heavy (non-hydrogen) atoms. The zero-order valence-electron chi connectivity index (χ0n) is 19.2. The third-order valence-corrected chi connectivity index (χ3v) is 6.50. The molecule has 0 aliphatic heterocycles. The minimum absolute atomic E-state index is 0.0189. The number of carbonyl (C=O) groups excluding carboxylic acids is 1. The van der Waals surface area contributed by atoms with Crippen LogP contribution in [0.4, 0.5) is 0 Å². The normalized spacial score (nSPS) is 15.5. The summed E-state index contributed by atoms with van der Waals surface area (Å²) in [5.41, 5.74) is 4.55. The van der Waals surface area contributed by atoms with Gasteiger partial charge in [-0.15, -0.1) is 0 Å². The van der Waals surface area contributed by atoms with E-state index in [1.54, 1.807) is 19.2 Å². The summed E-state index contributed by atoms with van der Waals surface area (Å²) in [6.45, 7) is 7.56. The summed E-state index contributed by atoms with van der Waals surface area (Å²) in [6.07, 6.45) is 2.64. The second kappa shape index (κ2) is 11.2. The van der Waals surface area contributed by atoms with Gasteiger partial charge in [-0.25, -0.2) is 0 Å². The summed E-state index contributed by atoms with van der Waals surface area (Å²) in [4.78, 5) is 17.1. The van der Waals surface area contributed by atoms with Crippen molar-refractivity contribution in [3.05, 3.63) is 70.8 Å². The minimum Gasteiger partial charge on any atom is -0.490 e. The van der Waals surface area contributed by atoms with Gasteiger partial charge in [0.15, 0.2) is 0 Å². The van der Waals surface area contributed by atoms with Crippen LogP contribution in [0.2, 0.25) is 0 Å². The molecule has 172 valence electrons. The minimum atomic E-state index is -0.519.